The second kappa shape index (κ2) is 6.92. The predicted molar refractivity (Wildman–Crippen MR) is 68.0 cm³/mol. The Kier molecular flexibility index (Phi) is 5.53. The lowest BCUT2D eigenvalue weighted by molar-refractivity contribution is -0.385. The number of hydrogen-bond donors (Lipinski definition) is 2. The van der Waals surface area contributed by atoms with Gasteiger partial charge in [-0.3, -0.25) is 10.1 Å². The van der Waals surface area contributed by atoms with Crippen molar-refractivity contribution in [3.05, 3.63) is 38.3 Å². The average Bonchev–Trinajstić information content (AvgIpc) is 2.27. The molecule has 98 valence electrons. The fourth-order valence-electron chi connectivity index (χ4n) is 1.30. The first kappa shape index (κ1) is 14.4. The number of rotatable bonds is 6. The maximum absolute atomic E-state index is 10.6. The van der Waals surface area contributed by atoms with Crippen molar-refractivity contribution in [2.45, 2.75) is 6.54 Å². The molecule has 1 aromatic rings. The normalized spacial score (nSPS) is 10.1. The summed E-state index contributed by atoms with van der Waals surface area (Å²) in [6, 6.07) is 4.68. The maximum atomic E-state index is 10.6. The molecule has 0 aromatic heterocycles. The van der Waals surface area contributed by atoms with Crippen molar-refractivity contribution in [2.24, 2.45) is 5.73 Å². The van der Waals surface area contributed by atoms with Gasteiger partial charge < -0.3 is 15.8 Å². The Morgan fingerprint density at radius 2 is 2.22 bits per heavy atom. The summed E-state index contributed by atoms with van der Waals surface area (Å²) < 4.78 is 5.16. The lowest BCUT2D eigenvalue weighted by Crippen LogP contribution is -2.23. The molecule has 8 heteroatoms. The fourth-order valence-corrected chi connectivity index (χ4v) is 1.83. The number of hydrogen-bond acceptors (Lipinski definition) is 5. The number of ether oxygens (including phenoxy) is 1. The molecule has 0 heterocycles. The lowest BCUT2D eigenvalue weighted by atomic mass is 10.2. The van der Waals surface area contributed by atoms with Crippen molar-refractivity contribution >= 4 is 27.7 Å². The third-order valence-corrected chi connectivity index (χ3v) is 2.46. The van der Waals surface area contributed by atoms with Gasteiger partial charge in [-0.05, 0) is 11.6 Å². The molecule has 18 heavy (non-hydrogen) atoms. The Morgan fingerprint density at radius 1 is 1.50 bits per heavy atom. The van der Waals surface area contributed by atoms with Gasteiger partial charge in [-0.2, -0.15) is 0 Å². The zero-order valence-corrected chi connectivity index (χ0v) is 11.0. The lowest BCUT2D eigenvalue weighted by Gasteiger charge is -2.05. The van der Waals surface area contributed by atoms with Crippen molar-refractivity contribution in [1.82, 2.24) is 5.32 Å². The Balaban J connectivity index is 2.47. The Labute approximate surface area is 112 Å². The van der Waals surface area contributed by atoms with Crippen LogP contribution in [0.15, 0.2) is 22.7 Å². The Morgan fingerprint density at radius 3 is 2.83 bits per heavy atom. The van der Waals surface area contributed by atoms with Gasteiger partial charge in [0.1, 0.15) is 6.61 Å². The summed E-state index contributed by atoms with van der Waals surface area (Å²) in [5.74, 6) is 0. The highest BCUT2D eigenvalue weighted by Crippen LogP contribution is 2.21. The smallest absolute Gasteiger partial charge is 0.404 e. The molecule has 0 atom stereocenters. The number of primary amides is 1. The first-order chi connectivity index (χ1) is 8.49. The van der Waals surface area contributed by atoms with Crippen molar-refractivity contribution in [3.63, 3.8) is 0 Å². The summed E-state index contributed by atoms with van der Waals surface area (Å²) in [5, 5.41) is 13.6. The third-order valence-electron chi connectivity index (χ3n) is 2.01. The molecule has 0 unspecified atom stereocenters. The first-order valence-electron chi connectivity index (χ1n) is 5.06. The van der Waals surface area contributed by atoms with Crippen LogP contribution < -0.4 is 11.1 Å². The van der Waals surface area contributed by atoms with Gasteiger partial charge in [0.05, 0.1) is 4.92 Å². The third kappa shape index (κ3) is 5.11. The molecule has 7 nitrogen and oxygen atoms in total. The van der Waals surface area contributed by atoms with Gasteiger partial charge in [-0.15, -0.1) is 0 Å². The van der Waals surface area contributed by atoms with E-state index in [1.54, 1.807) is 6.07 Å². The standard InChI is InChI=1S/C10H12BrN3O4/c11-8-3-7(4-9(5-8)14(16)17)6-13-1-2-18-10(12)15/h3-5,13H,1-2,6H2,(H2,12,15). The number of benzene rings is 1. The summed E-state index contributed by atoms with van der Waals surface area (Å²) in [5.41, 5.74) is 5.57. The van der Waals surface area contributed by atoms with E-state index in [-0.39, 0.29) is 12.3 Å². The van der Waals surface area contributed by atoms with Crippen LogP contribution in [0.3, 0.4) is 0 Å². The second-order valence-electron chi connectivity index (χ2n) is 3.42. The van der Waals surface area contributed by atoms with E-state index in [2.05, 4.69) is 26.0 Å². The van der Waals surface area contributed by atoms with Gasteiger partial charge in [-0.25, -0.2) is 4.79 Å². The predicted octanol–water partition coefficient (Wildman–Crippen LogP) is 1.54. The quantitative estimate of drug-likeness (QED) is 0.470. The summed E-state index contributed by atoms with van der Waals surface area (Å²) in [4.78, 5) is 20.5. The van der Waals surface area contributed by atoms with Crippen LogP contribution in [0.2, 0.25) is 0 Å². The number of nitro benzene ring substituents is 1. The van der Waals surface area contributed by atoms with Crippen molar-refractivity contribution < 1.29 is 14.5 Å². The van der Waals surface area contributed by atoms with E-state index < -0.39 is 11.0 Å². The molecule has 0 aliphatic carbocycles. The number of carbonyl (C=O) groups is 1. The largest absolute Gasteiger partial charge is 0.448 e. The van der Waals surface area contributed by atoms with Gasteiger partial charge in [0, 0.05) is 29.7 Å². The number of nitro groups is 1. The molecule has 1 rings (SSSR count). The van der Waals surface area contributed by atoms with Gasteiger partial charge in [-0.1, -0.05) is 15.9 Å². The topological polar surface area (TPSA) is 107 Å². The molecule has 0 radical (unpaired) electrons. The molecule has 0 aliphatic heterocycles. The van der Waals surface area contributed by atoms with E-state index in [0.29, 0.717) is 17.6 Å². The van der Waals surface area contributed by atoms with Crippen molar-refractivity contribution in [1.29, 1.82) is 0 Å². The summed E-state index contributed by atoms with van der Waals surface area (Å²) >= 11 is 3.20. The SMILES string of the molecule is NC(=O)OCCNCc1cc(Br)cc([N+](=O)[O-])c1. The minimum Gasteiger partial charge on any atom is -0.448 e. The van der Waals surface area contributed by atoms with Crippen molar-refractivity contribution in [3.8, 4) is 0 Å². The molecular formula is C10H12BrN3O4. The van der Waals surface area contributed by atoms with E-state index in [0.717, 1.165) is 5.56 Å². The second-order valence-corrected chi connectivity index (χ2v) is 4.33. The molecule has 3 N–H and O–H groups in total. The van der Waals surface area contributed by atoms with Gasteiger partial charge in [0.15, 0.2) is 0 Å². The first-order valence-corrected chi connectivity index (χ1v) is 5.85. The van der Waals surface area contributed by atoms with Crippen LogP contribution in [0.5, 0.6) is 0 Å². The van der Waals surface area contributed by atoms with Crippen LogP contribution in [-0.4, -0.2) is 24.2 Å². The van der Waals surface area contributed by atoms with Crippen LogP contribution in [0.25, 0.3) is 0 Å². The van der Waals surface area contributed by atoms with Gasteiger partial charge in [0.25, 0.3) is 5.69 Å². The average molecular weight is 318 g/mol. The number of nitrogens with zero attached hydrogens (tertiary/aromatic N) is 1. The molecule has 0 fully saturated rings. The highest BCUT2D eigenvalue weighted by Gasteiger charge is 2.08. The molecule has 1 aromatic carbocycles. The van der Waals surface area contributed by atoms with Crippen LogP contribution >= 0.6 is 15.9 Å². The van der Waals surface area contributed by atoms with Crippen LogP contribution in [0.4, 0.5) is 10.5 Å². The Bertz CT molecular complexity index is 453. The molecule has 0 spiro atoms. The number of amides is 1. The zero-order chi connectivity index (χ0) is 13.5. The van der Waals surface area contributed by atoms with E-state index >= 15 is 0 Å². The number of non-ortho nitro benzene ring substituents is 1. The summed E-state index contributed by atoms with van der Waals surface area (Å²) in [6.07, 6.45) is -0.824. The highest BCUT2D eigenvalue weighted by molar-refractivity contribution is 9.10. The van der Waals surface area contributed by atoms with Crippen LogP contribution in [0, 0.1) is 10.1 Å². The van der Waals surface area contributed by atoms with Gasteiger partial charge >= 0.3 is 6.09 Å². The number of nitrogens with two attached hydrogens (primary N) is 1. The minimum atomic E-state index is -0.824. The number of halogens is 1. The number of carbonyl (C=O) groups excluding carboxylic acids is 1. The Hall–Kier alpha value is -1.67. The molecule has 0 saturated heterocycles. The maximum Gasteiger partial charge on any atom is 0.404 e. The van der Waals surface area contributed by atoms with E-state index in [1.807, 2.05) is 0 Å². The van der Waals surface area contributed by atoms with Crippen LogP contribution in [-0.2, 0) is 11.3 Å². The molecule has 1 amide bonds. The molecule has 0 saturated carbocycles. The number of nitrogens with one attached hydrogen (secondary N) is 1. The molecule has 0 bridgehead atoms. The van der Waals surface area contributed by atoms with Crippen molar-refractivity contribution in [2.75, 3.05) is 13.2 Å². The minimum absolute atomic E-state index is 0.0227. The van der Waals surface area contributed by atoms with Crippen LogP contribution in [0.1, 0.15) is 5.56 Å². The molecular weight excluding hydrogens is 306 g/mol. The monoisotopic (exact) mass is 317 g/mol. The zero-order valence-electron chi connectivity index (χ0n) is 9.39. The summed E-state index contributed by atoms with van der Waals surface area (Å²) in [6.45, 7) is 1.01. The van der Waals surface area contributed by atoms with E-state index in [4.69, 9.17) is 5.73 Å². The van der Waals surface area contributed by atoms with Gasteiger partial charge in [0.2, 0.25) is 0 Å². The molecule has 0 aliphatic rings. The highest BCUT2D eigenvalue weighted by atomic mass is 79.9. The van der Waals surface area contributed by atoms with E-state index in [1.165, 1.54) is 12.1 Å². The van der Waals surface area contributed by atoms with E-state index in [9.17, 15) is 14.9 Å². The fraction of sp³-hybridized carbons (Fsp3) is 0.300. The summed E-state index contributed by atoms with van der Waals surface area (Å²) in [7, 11) is 0.